The van der Waals surface area contributed by atoms with Crippen LogP contribution >= 0.6 is 27.7 Å². The molecule has 2 aromatic rings. The number of carbonyl (C=O) groups is 2. The summed E-state index contributed by atoms with van der Waals surface area (Å²) in [5.41, 5.74) is 2.40. The maximum atomic E-state index is 12.2. The Kier molecular flexibility index (Phi) is 7.33. The topological polar surface area (TPSA) is 70.2 Å². The molecule has 0 heterocycles. The molecule has 5 nitrogen and oxygen atoms in total. The van der Waals surface area contributed by atoms with Crippen LogP contribution in [0.25, 0.3) is 0 Å². The van der Waals surface area contributed by atoms with Gasteiger partial charge in [-0.15, -0.1) is 11.8 Å². The zero-order valence-electron chi connectivity index (χ0n) is 14.1. The van der Waals surface area contributed by atoms with Crippen LogP contribution in [0.15, 0.2) is 51.8 Å². The van der Waals surface area contributed by atoms with Crippen molar-refractivity contribution in [2.45, 2.75) is 18.7 Å². The molecule has 0 aromatic heterocycles. The largest absolute Gasteiger partial charge is 0.338 e. The molecule has 0 aliphatic carbocycles. The Bertz CT molecular complexity index is 768. The van der Waals surface area contributed by atoms with Gasteiger partial charge in [0.2, 0.25) is 5.91 Å². The molecule has 0 spiro atoms. The van der Waals surface area contributed by atoms with Crippen molar-refractivity contribution in [3.63, 3.8) is 0 Å². The van der Waals surface area contributed by atoms with Gasteiger partial charge in [-0.05, 0) is 55.8 Å². The molecule has 0 bridgehead atoms. The minimum Gasteiger partial charge on any atom is -0.338 e. The molecule has 0 saturated carbocycles. The van der Waals surface area contributed by atoms with Crippen LogP contribution in [0.5, 0.6) is 0 Å². The standard InChI is InChI=1S/C18H20BrN3O2S/c1-3-20-18(24)22-15-6-4-5-14(10-15)21-17(23)11-25-16-8-7-13(19)9-12(16)2/h4-10H,3,11H2,1-2H3,(H,21,23)(H2,20,22,24). The first-order valence-corrected chi connectivity index (χ1v) is 9.59. The normalized spacial score (nSPS) is 10.2. The molecule has 0 saturated heterocycles. The summed E-state index contributed by atoms with van der Waals surface area (Å²) in [7, 11) is 0. The quantitative estimate of drug-likeness (QED) is 0.595. The molecule has 132 valence electrons. The van der Waals surface area contributed by atoms with Gasteiger partial charge in [0.25, 0.3) is 0 Å². The lowest BCUT2D eigenvalue weighted by Crippen LogP contribution is -2.28. The Hall–Kier alpha value is -1.99. The molecule has 0 atom stereocenters. The lowest BCUT2D eigenvalue weighted by molar-refractivity contribution is -0.113. The van der Waals surface area contributed by atoms with Crippen LogP contribution in [0.4, 0.5) is 16.2 Å². The van der Waals surface area contributed by atoms with Crippen LogP contribution in [-0.2, 0) is 4.79 Å². The van der Waals surface area contributed by atoms with E-state index in [1.807, 2.05) is 32.0 Å². The summed E-state index contributed by atoms with van der Waals surface area (Å²) in [5.74, 6) is 0.221. The summed E-state index contributed by atoms with van der Waals surface area (Å²) in [6.45, 7) is 4.41. The number of carbonyl (C=O) groups excluding carboxylic acids is 2. The first-order chi connectivity index (χ1) is 12.0. The molecule has 2 rings (SSSR count). The smallest absolute Gasteiger partial charge is 0.319 e. The fourth-order valence-corrected chi connectivity index (χ4v) is 3.41. The number of urea groups is 1. The van der Waals surface area contributed by atoms with Gasteiger partial charge in [0.15, 0.2) is 0 Å². The molecule has 0 aliphatic rings. The molecule has 3 amide bonds. The third kappa shape index (κ3) is 6.43. The second kappa shape index (κ2) is 9.48. The molecule has 25 heavy (non-hydrogen) atoms. The average molecular weight is 422 g/mol. The Morgan fingerprint density at radius 1 is 1.08 bits per heavy atom. The summed E-state index contributed by atoms with van der Waals surface area (Å²) < 4.78 is 1.02. The first-order valence-electron chi connectivity index (χ1n) is 7.81. The van der Waals surface area contributed by atoms with E-state index in [1.165, 1.54) is 11.8 Å². The van der Waals surface area contributed by atoms with Gasteiger partial charge in [-0.25, -0.2) is 4.79 Å². The number of rotatable bonds is 6. The summed E-state index contributed by atoms with van der Waals surface area (Å²) in [6.07, 6.45) is 0. The minimum absolute atomic E-state index is 0.0949. The number of thioether (sulfide) groups is 1. The molecular weight excluding hydrogens is 402 g/mol. The van der Waals surface area contributed by atoms with E-state index < -0.39 is 0 Å². The van der Waals surface area contributed by atoms with Crippen molar-refractivity contribution in [3.05, 3.63) is 52.5 Å². The highest BCUT2D eigenvalue weighted by Gasteiger charge is 2.07. The van der Waals surface area contributed by atoms with E-state index in [9.17, 15) is 9.59 Å². The number of hydrogen-bond donors (Lipinski definition) is 3. The van der Waals surface area contributed by atoms with Gasteiger partial charge >= 0.3 is 6.03 Å². The molecule has 3 N–H and O–H groups in total. The van der Waals surface area contributed by atoms with Gasteiger partial charge in [0, 0.05) is 27.3 Å². The maximum Gasteiger partial charge on any atom is 0.319 e. The predicted octanol–water partition coefficient (Wildman–Crippen LogP) is 4.63. The Morgan fingerprint density at radius 2 is 1.80 bits per heavy atom. The van der Waals surface area contributed by atoms with Crippen molar-refractivity contribution < 1.29 is 9.59 Å². The van der Waals surface area contributed by atoms with Gasteiger partial charge < -0.3 is 16.0 Å². The van der Waals surface area contributed by atoms with Gasteiger partial charge in [-0.1, -0.05) is 22.0 Å². The van der Waals surface area contributed by atoms with Gasteiger partial charge in [0.05, 0.1) is 5.75 Å². The second-order valence-corrected chi connectivity index (χ2v) is 7.24. The van der Waals surface area contributed by atoms with Crippen LogP contribution in [-0.4, -0.2) is 24.2 Å². The summed E-state index contributed by atoms with van der Waals surface area (Å²) in [6, 6.07) is 12.8. The monoisotopic (exact) mass is 421 g/mol. The van der Waals surface area contributed by atoms with E-state index in [-0.39, 0.29) is 11.9 Å². The Balaban J connectivity index is 1.90. The van der Waals surface area contributed by atoms with E-state index in [0.717, 1.165) is 14.9 Å². The highest BCUT2D eigenvalue weighted by molar-refractivity contribution is 9.10. The number of nitrogens with one attached hydrogen (secondary N) is 3. The molecule has 0 radical (unpaired) electrons. The Morgan fingerprint density at radius 3 is 2.48 bits per heavy atom. The third-order valence-corrected chi connectivity index (χ3v) is 4.91. The first kappa shape index (κ1) is 19.3. The van der Waals surface area contributed by atoms with Crippen molar-refractivity contribution in [1.82, 2.24) is 5.32 Å². The number of hydrogen-bond acceptors (Lipinski definition) is 3. The molecular formula is C18H20BrN3O2S. The Labute approximate surface area is 160 Å². The van der Waals surface area contributed by atoms with Crippen molar-refractivity contribution >= 4 is 51.0 Å². The van der Waals surface area contributed by atoms with Crippen LogP contribution in [0.3, 0.4) is 0 Å². The number of halogens is 1. The minimum atomic E-state index is -0.271. The van der Waals surface area contributed by atoms with Crippen molar-refractivity contribution in [2.75, 3.05) is 22.9 Å². The highest BCUT2D eigenvalue weighted by atomic mass is 79.9. The van der Waals surface area contributed by atoms with Crippen molar-refractivity contribution in [2.24, 2.45) is 0 Å². The summed E-state index contributed by atoms with van der Waals surface area (Å²) in [4.78, 5) is 24.8. The summed E-state index contributed by atoms with van der Waals surface area (Å²) in [5, 5.41) is 8.22. The van der Waals surface area contributed by atoms with Crippen LogP contribution < -0.4 is 16.0 Å². The molecule has 0 aliphatic heterocycles. The fraction of sp³-hybridized carbons (Fsp3) is 0.222. The second-order valence-electron chi connectivity index (χ2n) is 5.31. The predicted molar refractivity (Wildman–Crippen MR) is 107 cm³/mol. The maximum absolute atomic E-state index is 12.2. The van der Waals surface area contributed by atoms with Crippen molar-refractivity contribution in [1.29, 1.82) is 0 Å². The van der Waals surface area contributed by atoms with E-state index in [2.05, 4.69) is 31.9 Å². The number of aryl methyl sites for hydroxylation is 1. The SMILES string of the molecule is CCNC(=O)Nc1cccc(NC(=O)CSc2ccc(Br)cc2C)c1. The van der Waals surface area contributed by atoms with Crippen molar-refractivity contribution in [3.8, 4) is 0 Å². The van der Waals surface area contributed by atoms with Crippen LogP contribution in [0, 0.1) is 6.92 Å². The highest BCUT2D eigenvalue weighted by Crippen LogP contribution is 2.25. The van der Waals surface area contributed by atoms with E-state index in [0.29, 0.717) is 23.7 Å². The fourth-order valence-electron chi connectivity index (χ4n) is 2.13. The number of anilines is 2. The van der Waals surface area contributed by atoms with E-state index in [4.69, 9.17) is 0 Å². The zero-order valence-corrected chi connectivity index (χ0v) is 16.5. The zero-order chi connectivity index (χ0) is 18.2. The van der Waals surface area contributed by atoms with Crippen LogP contribution in [0.1, 0.15) is 12.5 Å². The molecule has 2 aromatic carbocycles. The van der Waals surface area contributed by atoms with Gasteiger partial charge in [0.1, 0.15) is 0 Å². The van der Waals surface area contributed by atoms with Gasteiger partial charge in [-0.2, -0.15) is 0 Å². The molecule has 7 heteroatoms. The number of benzene rings is 2. The lowest BCUT2D eigenvalue weighted by Gasteiger charge is -2.10. The van der Waals surface area contributed by atoms with E-state index >= 15 is 0 Å². The average Bonchev–Trinajstić information content (AvgIpc) is 2.54. The van der Waals surface area contributed by atoms with Gasteiger partial charge in [-0.3, -0.25) is 4.79 Å². The van der Waals surface area contributed by atoms with E-state index in [1.54, 1.807) is 24.3 Å². The van der Waals surface area contributed by atoms with Crippen LogP contribution in [0.2, 0.25) is 0 Å². The molecule has 0 unspecified atom stereocenters. The third-order valence-electron chi connectivity index (χ3n) is 3.24. The lowest BCUT2D eigenvalue weighted by atomic mass is 10.2. The number of amides is 3. The molecule has 0 fully saturated rings. The summed E-state index contributed by atoms with van der Waals surface area (Å²) >= 11 is 4.92.